The largest absolute Gasteiger partial charge is 0.356 e. The van der Waals surface area contributed by atoms with Crippen LogP contribution >= 0.6 is 0 Å². The first-order valence-electron chi connectivity index (χ1n) is 8.68. The van der Waals surface area contributed by atoms with Gasteiger partial charge in [0.2, 0.25) is 0 Å². The van der Waals surface area contributed by atoms with Gasteiger partial charge in [-0.05, 0) is 43.5 Å². The van der Waals surface area contributed by atoms with Gasteiger partial charge in [-0.2, -0.15) is 0 Å². The van der Waals surface area contributed by atoms with Gasteiger partial charge >= 0.3 is 0 Å². The number of hydrogen-bond donors (Lipinski definition) is 1. The third kappa shape index (κ3) is 3.18. The number of fused-ring (bicyclic) bond motifs is 1. The SMILES string of the molecule is O=C(Nc1cccc2cccnc12)c1cccnc1N1CCCCC1. The number of nitrogens with one attached hydrogen (secondary N) is 1. The van der Waals surface area contributed by atoms with Gasteiger partial charge in [-0.3, -0.25) is 9.78 Å². The fraction of sp³-hybridized carbons (Fsp3) is 0.250. The van der Waals surface area contributed by atoms with Crippen LogP contribution in [0.1, 0.15) is 29.6 Å². The number of carbonyl (C=O) groups excluding carboxylic acids is 1. The molecule has 0 radical (unpaired) electrons. The number of pyridine rings is 2. The Hall–Kier alpha value is -2.95. The molecule has 1 amide bonds. The second-order valence-corrected chi connectivity index (χ2v) is 6.26. The lowest BCUT2D eigenvalue weighted by molar-refractivity contribution is 0.102. The molecule has 1 aliphatic heterocycles. The topological polar surface area (TPSA) is 58.1 Å². The zero-order valence-electron chi connectivity index (χ0n) is 14.0. The minimum atomic E-state index is -0.146. The van der Waals surface area contributed by atoms with E-state index in [2.05, 4.69) is 20.2 Å². The van der Waals surface area contributed by atoms with Gasteiger partial charge in [-0.1, -0.05) is 18.2 Å². The van der Waals surface area contributed by atoms with Crippen molar-refractivity contribution in [2.24, 2.45) is 0 Å². The van der Waals surface area contributed by atoms with Crippen LogP contribution in [0, 0.1) is 0 Å². The molecule has 0 bridgehead atoms. The maximum atomic E-state index is 12.9. The van der Waals surface area contributed by atoms with Crippen molar-refractivity contribution in [1.29, 1.82) is 0 Å². The highest BCUT2D eigenvalue weighted by atomic mass is 16.1. The molecule has 4 rings (SSSR count). The van der Waals surface area contributed by atoms with E-state index >= 15 is 0 Å². The number of benzene rings is 1. The van der Waals surface area contributed by atoms with Crippen LogP contribution in [0.4, 0.5) is 11.5 Å². The second-order valence-electron chi connectivity index (χ2n) is 6.26. The van der Waals surface area contributed by atoms with E-state index in [4.69, 9.17) is 0 Å². The van der Waals surface area contributed by atoms with Gasteiger partial charge in [0.1, 0.15) is 5.82 Å². The molecule has 5 nitrogen and oxygen atoms in total. The van der Waals surface area contributed by atoms with Crippen LogP contribution in [-0.2, 0) is 0 Å². The first-order chi connectivity index (χ1) is 12.3. The van der Waals surface area contributed by atoms with E-state index in [1.807, 2.05) is 42.5 Å². The molecule has 25 heavy (non-hydrogen) atoms. The van der Waals surface area contributed by atoms with Gasteiger partial charge in [0, 0.05) is 30.9 Å². The fourth-order valence-electron chi connectivity index (χ4n) is 3.33. The average molecular weight is 332 g/mol. The molecule has 0 spiro atoms. The van der Waals surface area contributed by atoms with Crippen molar-refractivity contribution >= 4 is 28.3 Å². The first kappa shape index (κ1) is 15.6. The zero-order valence-corrected chi connectivity index (χ0v) is 14.0. The van der Waals surface area contributed by atoms with Crippen LogP contribution in [0.25, 0.3) is 10.9 Å². The summed E-state index contributed by atoms with van der Waals surface area (Å²) in [5, 5.41) is 4.02. The van der Waals surface area contributed by atoms with E-state index in [9.17, 15) is 4.79 Å². The molecule has 2 aromatic heterocycles. The summed E-state index contributed by atoms with van der Waals surface area (Å²) >= 11 is 0. The summed E-state index contributed by atoms with van der Waals surface area (Å²) in [4.78, 5) is 24.0. The molecular formula is C20H20N4O. The molecule has 0 saturated carbocycles. The number of piperidine rings is 1. The third-order valence-corrected chi connectivity index (χ3v) is 4.57. The highest BCUT2D eigenvalue weighted by Crippen LogP contribution is 2.25. The van der Waals surface area contributed by atoms with E-state index < -0.39 is 0 Å². The summed E-state index contributed by atoms with van der Waals surface area (Å²) in [5.41, 5.74) is 2.12. The zero-order chi connectivity index (χ0) is 17.1. The Morgan fingerprint density at radius 1 is 0.920 bits per heavy atom. The monoisotopic (exact) mass is 332 g/mol. The van der Waals surface area contributed by atoms with Gasteiger partial charge in [0.05, 0.1) is 16.8 Å². The molecule has 3 heterocycles. The predicted molar refractivity (Wildman–Crippen MR) is 100.0 cm³/mol. The van der Waals surface area contributed by atoms with Gasteiger partial charge in [-0.15, -0.1) is 0 Å². The number of amides is 1. The number of carbonyl (C=O) groups is 1. The van der Waals surface area contributed by atoms with Crippen molar-refractivity contribution in [1.82, 2.24) is 9.97 Å². The Morgan fingerprint density at radius 2 is 1.68 bits per heavy atom. The molecule has 1 saturated heterocycles. The van der Waals surface area contributed by atoms with Crippen LogP contribution in [0.5, 0.6) is 0 Å². The summed E-state index contributed by atoms with van der Waals surface area (Å²) in [6, 6.07) is 13.3. The summed E-state index contributed by atoms with van der Waals surface area (Å²) in [5.74, 6) is 0.625. The van der Waals surface area contributed by atoms with E-state index in [-0.39, 0.29) is 5.91 Å². The number of rotatable bonds is 3. The maximum absolute atomic E-state index is 12.9. The fourth-order valence-corrected chi connectivity index (χ4v) is 3.33. The molecule has 1 fully saturated rings. The molecule has 0 aliphatic carbocycles. The Balaban J connectivity index is 1.65. The van der Waals surface area contributed by atoms with Crippen LogP contribution in [0.15, 0.2) is 54.9 Å². The standard InChI is InChI=1S/C20H20N4O/c25-20(23-17-10-4-7-15-8-5-11-21-18(15)17)16-9-6-12-22-19(16)24-13-2-1-3-14-24/h4-12H,1-3,13-14H2,(H,23,25). The van der Waals surface area contributed by atoms with Gasteiger partial charge in [0.15, 0.2) is 0 Å². The average Bonchev–Trinajstić information content (AvgIpc) is 2.69. The highest BCUT2D eigenvalue weighted by Gasteiger charge is 2.20. The Kier molecular flexibility index (Phi) is 4.29. The van der Waals surface area contributed by atoms with Gasteiger partial charge in [-0.25, -0.2) is 4.98 Å². The van der Waals surface area contributed by atoms with Crippen molar-refractivity contribution < 1.29 is 4.79 Å². The van der Waals surface area contributed by atoms with Crippen LogP contribution < -0.4 is 10.2 Å². The van der Waals surface area contributed by atoms with Crippen LogP contribution in [-0.4, -0.2) is 29.0 Å². The number of anilines is 2. The van der Waals surface area contributed by atoms with Gasteiger partial charge in [0.25, 0.3) is 5.91 Å². The lowest BCUT2D eigenvalue weighted by Gasteiger charge is -2.29. The lowest BCUT2D eigenvalue weighted by Crippen LogP contribution is -2.32. The Morgan fingerprint density at radius 3 is 2.56 bits per heavy atom. The number of nitrogens with zero attached hydrogens (tertiary/aromatic N) is 3. The van der Waals surface area contributed by atoms with Crippen molar-refractivity contribution in [3.8, 4) is 0 Å². The number of aromatic nitrogens is 2. The molecule has 1 N–H and O–H groups in total. The Bertz CT molecular complexity index is 898. The molecule has 0 atom stereocenters. The number of para-hydroxylation sites is 1. The molecule has 3 aromatic rings. The molecular weight excluding hydrogens is 312 g/mol. The summed E-state index contributed by atoms with van der Waals surface area (Å²) in [7, 11) is 0. The van der Waals surface area contributed by atoms with E-state index in [0.29, 0.717) is 5.56 Å². The third-order valence-electron chi connectivity index (χ3n) is 4.57. The molecule has 126 valence electrons. The lowest BCUT2D eigenvalue weighted by atomic mass is 10.1. The van der Waals surface area contributed by atoms with E-state index in [0.717, 1.165) is 48.3 Å². The number of hydrogen-bond acceptors (Lipinski definition) is 4. The van der Waals surface area contributed by atoms with Crippen LogP contribution in [0.3, 0.4) is 0 Å². The van der Waals surface area contributed by atoms with E-state index in [1.54, 1.807) is 12.4 Å². The van der Waals surface area contributed by atoms with Crippen molar-refractivity contribution in [3.05, 3.63) is 60.4 Å². The summed E-state index contributed by atoms with van der Waals surface area (Å²) < 4.78 is 0. The molecule has 1 aliphatic rings. The molecule has 1 aromatic carbocycles. The van der Waals surface area contributed by atoms with E-state index in [1.165, 1.54) is 6.42 Å². The maximum Gasteiger partial charge on any atom is 0.259 e. The minimum absolute atomic E-state index is 0.146. The van der Waals surface area contributed by atoms with Crippen LogP contribution in [0.2, 0.25) is 0 Å². The van der Waals surface area contributed by atoms with Gasteiger partial charge < -0.3 is 10.2 Å². The first-order valence-corrected chi connectivity index (χ1v) is 8.68. The summed E-state index contributed by atoms with van der Waals surface area (Å²) in [6.45, 7) is 1.90. The summed E-state index contributed by atoms with van der Waals surface area (Å²) in [6.07, 6.45) is 7.02. The second kappa shape index (κ2) is 6.89. The highest BCUT2D eigenvalue weighted by molar-refractivity contribution is 6.10. The molecule has 5 heteroatoms. The minimum Gasteiger partial charge on any atom is -0.356 e. The van der Waals surface area contributed by atoms with Crippen molar-refractivity contribution in [2.45, 2.75) is 19.3 Å². The quantitative estimate of drug-likeness (QED) is 0.791. The smallest absolute Gasteiger partial charge is 0.259 e. The van der Waals surface area contributed by atoms with Crippen molar-refractivity contribution in [2.75, 3.05) is 23.3 Å². The Labute approximate surface area is 146 Å². The molecule has 0 unspecified atom stereocenters. The van der Waals surface area contributed by atoms with Crippen molar-refractivity contribution in [3.63, 3.8) is 0 Å². The predicted octanol–water partition coefficient (Wildman–Crippen LogP) is 3.87. The normalized spacial score (nSPS) is 14.5.